The molecule has 0 heterocycles. The Morgan fingerprint density at radius 2 is 2.12 bits per heavy atom. The molecule has 94 valence electrons. The molecule has 0 saturated carbocycles. The normalized spacial score (nSPS) is 11.9. The molecule has 1 atom stereocenters. The van der Waals surface area contributed by atoms with Gasteiger partial charge in [0.05, 0.1) is 6.10 Å². The molecule has 1 aromatic rings. The van der Waals surface area contributed by atoms with Gasteiger partial charge in [0.1, 0.15) is 5.75 Å². The summed E-state index contributed by atoms with van der Waals surface area (Å²) in [6.45, 7) is 2.25. The smallest absolute Gasteiger partial charge is 0.258 e. The molecule has 0 aliphatic rings. The lowest BCUT2D eigenvalue weighted by Crippen LogP contribution is -2.34. The van der Waals surface area contributed by atoms with Crippen LogP contribution in [0.1, 0.15) is 12.5 Å². The highest BCUT2D eigenvalue weighted by Gasteiger charge is 2.03. The molecule has 1 rings (SSSR count). The van der Waals surface area contributed by atoms with Gasteiger partial charge in [0, 0.05) is 13.1 Å². The maximum absolute atomic E-state index is 11.3. The summed E-state index contributed by atoms with van der Waals surface area (Å²) in [5.74, 6) is 0.364. The molecule has 5 nitrogen and oxygen atoms in total. The molecule has 17 heavy (non-hydrogen) atoms. The molecule has 0 aliphatic heterocycles. The zero-order chi connectivity index (χ0) is 12.7. The van der Waals surface area contributed by atoms with Gasteiger partial charge in [-0.15, -0.1) is 0 Å². The van der Waals surface area contributed by atoms with Gasteiger partial charge < -0.3 is 20.9 Å². The largest absolute Gasteiger partial charge is 0.484 e. The van der Waals surface area contributed by atoms with E-state index in [0.29, 0.717) is 12.3 Å². The summed E-state index contributed by atoms with van der Waals surface area (Å²) < 4.78 is 5.27. The van der Waals surface area contributed by atoms with Gasteiger partial charge in [-0.2, -0.15) is 0 Å². The van der Waals surface area contributed by atoms with Crippen LogP contribution in [-0.4, -0.2) is 30.3 Å². The number of hydrogen-bond acceptors (Lipinski definition) is 4. The first-order valence-electron chi connectivity index (χ1n) is 5.48. The van der Waals surface area contributed by atoms with Crippen molar-refractivity contribution >= 4 is 5.91 Å². The minimum atomic E-state index is -0.553. The molecule has 0 aromatic heterocycles. The van der Waals surface area contributed by atoms with Crippen molar-refractivity contribution in [2.24, 2.45) is 5.73 Å². The Labute approximate surface area is 101 Å². The summed E-state index contributed by atoms with van der Waals surface area (Å²) in [5, 5.41) is 11.5. The molecule has 4 N–H and O–H groups in total. The van der Waals surface area contributed by atoms with Crippen LogP contribution in [-0.2, 0) is 11.3 Å². The van der Waals surface area contributed by atoms with Gasteiger partial charge in [-0.05, 0) is 24.6 Å². The summed E-state index contributed by atoms with van der Waals surface area (Å²) in [6, 6.07) is 7.24. The van der Waals surface area contributed by atoms with Crippen molar-refractivity contribution in [2.75, 3.05) is 13.2 Å². The Hall–Kier alpha value is -1.59. The molecule has 5 heteroatoms. The van der Waals surface area contributed by atoms with Gasteiger partial charge in [-0.25, -0.2) is 0 Å². The van der Waals surface area contributed by atoms with Gasteiger partial charge in [0.25, 0.3) is 5.91 Å². The number of benzene rings is 1. The van der Waals surface area contributed by atoms with Gasteiger partial charge in [-0.1, -0.05) is 12.1 Å². The fourth-order valence-electron chi connectivity index (χ4n) is 1.18. The van der Waals surface area contributed by atoms with Crippen LogP contribution in [0.25, 0.3) is 0 Å². The van der Waals surface area contributed by atoms with Crippen LogP contribution >= 0.6 is 0 Å². The van der Waals surface area contributed by atoms with E-state index in [4.69, 9.17) is 15.6 Å². The number of aliphatic hydroxyl groups excluding tert-OH is 1. The van der Waals surface area contributed by atoms with E-state index in [1.165, 1.54) is 0 Å². The zero-order valence-corrected chi connectivity index (χ0v) is 9.85. The van der Waals surface area contributed by atoms with Crippen LogP contribution in [0.3, 0.4) is 0 Å². The molecule has 0 fully saturated rings. The quantitative estimate of drug-likeness (QED) is 0.652. The number of aliphatic hydroxyl groups is 1. The lowest BCUT2D eigenvalue weighted by atomic mass is 10.2. The first kappa shape index (κ1) is 13.5. The summed E-state index contributed by atoms with van der Waals surface area (Å²) >= 11 is 0. The summed E-state index contributed by atoms with van der Waals surface area (Å²) in [5.41, 5.74) is 6.47. The van der Waals surface area contributed by atoms with Crippen molar-refractivity contribution in [1.29, 1.82) is 0 Å². The van der Waals surface area contributed by atoms with Crippen molar-refractivity contribution in [2.45, 2.75) is 19.6 Å². The number of hydrogen-bond donors (Lipinski definition) is 3. The van der Waals surface area contributed by atoms with Crippen molar-refractivity contribution in [1.82, 2.24) is 5.32 Å². The predicted molar refractivity (Wildman–Crippen MR) is 64.5 cm³/mol. The molecule has 0 bridgehead atoms. The van der Waals surface area contributed by atoms with Crippen molar-refractivity contribution in [3.05, 3.63) is 29.8 Å². The zero-order valence-electron chi connectivity index (χ0n) is 9.85. The van der Waals surface area contributed by atoms with E-state index in [9.17, 15) is 4.79 Å². The highest BCUT2D eigenvalue weighted by atomic mass is 16.5. The second-order valence-corrected chi connectivity index (χ2v) is 3.79. The van der Waals surface area contributed by atoms with Gasteiger partial charge in [0.2, 0.25) is 0 Å². The number of ether oxygens (including phenoxy) is 1. The first-order valence-corrected chi connectivity index (χ1v) is 5.48. The molecule has 0 saturated heterocycles. The Bertz CT molecular complexity index is 349. The minimum absolute atomic E-state index is 0.0608. The van der Waals surface area contributed by atoms with Gasteiger partial charge in [-0.3, -0.25) is 4.79 Å². The average molecular weight is 238 g/mol. The Morgan fingerprint density at radius 3 is 2.65 bits per heavy atom. The molecular formula is C12H18N2O3. The Morgan fingerprint density at radius 1 is 1.47 bits per heavy atom. The highest BCUT2D eigenvalue weighted by molar-refractivity contribution is 5.77. The SMILES string of the molecule is C[C@H](O)CNC(=O)COc1ccc(CN)cc1. The number of nitrogens with one attached hydrogen (secondary N) is 1. The molecular weight excluding hydrogens is 220 g/mol. The Kier molecular flexibility index (Phi) is 5.45. The maximum atomic E-state index is 11.3. The predicted octanol–water partition coefficient (Wildman–Crippen LogP) is 0.0211. The minimum Gasteiger partial charge on any atom is -0.484 e. The van der Waals surface area contributed by atoms with Crippen molar-refractivity contribution in [3.8, 4) is 5.75 Å². The molecule has 1 aromatic carbocycles. The molecule has 0 spiro atoms. The van der Waals surface area contributed by atoms with Gasteiger partial charge >= 0.3 is 0 Å². The van der Waals surface area contributed by atoms with E-state index in [1.54, 1.807) is 19.1 Å². The highest BCUT2D eigenvalue weighted by Crippen LogP contribution is 2.11. The second kappa shape index (κ2) is 6.88. The Balaban J connectivity index is 2.31. The fraction of sp³-hybridized carbons (Fsp3) is 0.417. The van der Waals surface area contributed by atoms with Crippen molar-refractivity contribution in [3.63, 3.8) is 0 Å². The van der Waals surface area contributed by atoms with Crippen LogP contribution in [0.2, 0.25) is 0 Å². The number of carbonyl (C=O) groups is 1. The van der Waals surface area contributed by atoms with Crippen molar-refractivity contribution < 1.29 is 14.6 Å². The summed E-state index contributed by atoms with van der Waals surface area (Å²) in [6.07, 6.45) is -0.553. The lowest BCUT2D eigenvalue weighted by molar-refractivity contribution is -0.123. The topological polar surface area (TPSA) is 84.6 Å². The van der Waals surface area contributed by atoms with E-state index in [2.05, 4.69) is 5.32 Å². The number of amides is 1. The first-order chi connectivity index (χ1) is 8.11. The van der Waals surface area contributed by atoms with E-state index in [0.717, 1.165) is 5.56 Å². The summed E-state index contributed by atoms with van der Waals surface area (Å²) in [4.78, 5) is 11.3. The number of nitrogens with two attached hydrogens (primary N) is 1. The molecule has 1 amide bonds. The molecule has 0 aliphatic carbocycles. The third kappa shape index (κ3) is 5.33. The third-order valence-corrected chi connectivity index (χ3v) is 2.12. The molecule has 0 radical (unpaired) electrons. The van der Waals surface area contributed by atoms with E-state index < -0.39 is 6.10 Å². The van der Waals surface area contributed by atoms with Crippen LogP contribution in [0.4, 0.5) is 0 Å². The van der Waals surface area contributed by atoms with Crippen LogP contribution in [0.5, 0.6) is 5.75 Å². The van der Waals surface area contributed by atoms with Crippen LogP contribution in [0.15, 0.2) is 24.3 Å². The number of rotatable bonds is 6. The average Bonchev–Trinajstić information content (AvgIpc) is 2.34. The monoisotopic (exact) mass is 238 g/mol. The maximum Gasteiger partial charge on any atom is 0.258 e. The molecule has 0 unspecified atom stereocenters. The van der Waals surface area contributed by atoms with Crippen LogP contribution in [0, 0.1) is 0 Å². The second-order valence-electron chi connectivity index (χ2n) is 3.79. The third-order valence-electron chi connectivity index (χ3n) is 2.12. The standard InChI is InChI=1S/C12H18N2O3/c1-9(15)7-14-12(16)8-17-11-4-2-10(6-13)3-5-11/h2-5,9,15H,6-8,13H2,1H3,(H,14,16)/t9-/m0/s1. The lowest BCUT2D eigenvalue weighted by Gasteiger charge is -2.09. The van der Waals surface area contributed by atoms with E-state index in [-0.39, 0.29) is 19.1 Å². The van der Waals surface area contributed by atoms with Gasteiger partial charge in [0.15, 0.2) is 6.61 Å². The summed E-state index contributed by atoms with van der Waals surface area (Å²) in [7, 11) is 0. The number of carbonyl (C=O) groups excluding carboxylic acids is 1. The fourth-order valence-corrected chi connectivity index (χ4v) is 1.18. The van der Waals surface area contributed by atoms with E-state index >= 15 is 0 Å². The van der Waals surface area contributed by atoms with E-state index in [1.807, 2.05) is 12.1 Å². The van der Waals surface area contributed by atoms with Crippen LogP contribution < -0.4 is 15.8 Å².